The van der Waals surface area contributed by atoms with Gasteiger partial charge in [-0.2, -0.15) is 0 Å². The summed E-state index contributed by atoms with van der Waals surface area (Å²) in [5.41, 5.74) is 0. The number of rotatable bonds is 9. The fraction of sp³-hybridized carbons (Fsp3) is 0.727. The summed E-state index contributed by atoms with van der Waals surface area (Å²) < 4.78 is 0. The molecule has 76 valence electrons. The first-order chi connectivity index (χ1) is 6.27. The Morgan fingerprint density at radius 2 is 1.62 bits per heavy atom. The normalized spacial score (nSPS) is 9.85. The van der Waals surface area contributed by atoms with Gasteiger partial charge in [-0.05, 0) is 19.3 Å². The minimum Gasteiger partial charge on any atom is -0.481 e. The number of allylic oxidation sites excluding steroid dienone is 1. The average molecular weight is 185 g/mol. The molecule has 0 bridgehead atoms. The zero-order chi connectivity index (χ0) is 9.94. The number of carbonyl (C=O) groups is 1. The minimum absolute atomic E-state index is 0.326. The van der Waals surface area contributed by atoms with Crippen molar-refractivity contribution in [2.24, 2.45) is 0 Å². The molecular formula is C11H20O2. The number of carboxylic acid groups (broad SMARTS) is 1. The van der Waals surface area contributed by atoms with E-state index >= 15 is 0 Å². The summed E-state index contributed by atoms with van der Waals surface area (Å²) >= 11 is 0. The minimum atomic E-state index is -0.674. The predicted octanol–water partition coefficient (Wildman–Crippen LogP) is 3.38. The molecule has 2 nitrogen and oxygen atoms in total. The maximum absolute atomic E-state index is 10.2. The van der Waals surface area contributed by atoms with E-state index in [1.807, 2.05) is 6.08 Å². The van der Waals surface area contributed by atoms with Gasteiger partial charge in [-0.15, -0.1) is 6.58 Å². The molecular weight excluding hydrogens is 165 g/mol. The average Bonchev–Trinajstić information content (AvgIpc) is 2.09. The van der Waals surface area contributed by atoms with Crippen LogP contribution in [0.4, 0.5) is 0 Å². The highest BCUT2D eigenvalue weighted by molar-refractivity contribution is 5.66. The molecule has 13 heavy (non-hydrogen) atoms. The Labute approximate surface area is 80.7 Å². The zero-order valence-electron chi connectivity index (χ0n) is 8.30. The highest BCUT2D eigenvalue weighted by Gasteiger charge is 1.95. The van der Waals surface area contributed by atoms with Crippen LogP contribution in [-0.4, -0.2) is 11.1 Å². The van der Waals surface area contributed by atoms with Gasteiger partial charge in [0, 0.05) is 6.42 Å². The van der Waals surface area contributed by atoms with Gasteiger partial charge in [-0.3, -0.25) is 4.79 Å². The van der Waals surface area contributed by atoms with Crippen molar-refractivity contribution in [1.29, 1.82) is 0 Å². The summed E-state index contributed by atoms with van der Waals surface area (Å²) in [5.74, 6) is -0.674. The Morgan fingerprint density at radius 1 is 1.08 bits per heavy atom. The Balaban J connectivity index is 2.91. The highest BCUT2D eigenvalue weighted by Crippen LogP contribution is 2.08. The second-order valence-electron chi connectivity index (χ2n) is 3.34. The van der Waals surface area contributed by atoms with Crippen molar-refractivity contribution >= 4 is 5.97 Å². The van der Waals surface area contributed by atoms with E-state index in [1.165, 1.54) is 25.7 Å². The zero-order valence-corrected chi connectivity index (χ0v) is 8.30. The molecule has 1 N–H and O–H groups in total. The largest absolute Gasteiger partial charge is 0.481 e. The van der Waals surface area contributed by atoms with E-state index in [0.717, 1.165) is 19.3 Å². The van der Waals surface area contributed by atoms with E-state index in [9.17, 15) is 4.79 Å². The molecule has 0 aliphatic carbocycles. The van der Waals surface area contributed by atoms with Crippen molar-refractivity contribution in [2.45, 2.75) is 51.4 Å². The Kier molecular flexibility index (Phi) is 8.73. The van der Waals surface area contributed by atoms with Crippen LogP contribution in [0.1, 0.15) is 51.4 Å². The lowest BCUT2D eigenvalue weighted by molar-refractivity contribution is -0.137. The van der Waals surface area contributed by atoms with E-state index in [1.54, 1.807) is 0 Å². The SMILES string of the molecule is C=CCCCCCCCC[13C](=O)O. The standard InChI is InChI=1S/C11H20O2/c1-2-3-4-5-6-7-8-9-10-11(12)13/h2H,1,3-10H2,(H,12,13)/i11+1. The smallest absolute Gasteiger partial charge is 0.303 e. The van der Waals surface area contributed by atoms with Crippen molar-refractivity contribution in [3.63, 3.8) is 0 Å². The number of hydrogen-bond acceptors (Lipinski definition) is 1. The predicted molar refractivity (Wildman–Crippen MR) is 54.8 cm³/mol. The van der Waals surface area contributed by atoms with E-state index < -0.39 is 5.97 Å². The van der Waals surface area contributed by atoms with Crippen LogP contribution in [0.5, 0.6) is 0 Å². The summed E-state index contributed by atoms with van der Waals surface area (Å²) in [6, 6.07) is 0. The maximum Gasteiger partial charge on any atom is 0.303 e. The molecule has 0 aromatic rings. The third-order valence-electron chi connectivity index (χ3n) is 2.05. The number of hydrogen-bond donors (Lipinski definition) is 1. The second kappa shape index (κ2) is 9.30. The monoisotopic (exact) mass is 185 g/mol. The fourth-order valence-electron chi connectivity index (χ4n) is 1.27. The topological polar surface area (TPSA) is 37.3 Å². The third-order valence-corrected chi connectivity index (χ3v) is 2.05. The van der Waals surface area contributed by atoms with Gasteiger partial charge in [-0.25, -0.2) is 0 Å². The van der Waals surface area contributed by atoms with Crippen LogP contribution >= 0.6 is 0 Å². The van der Waals surface area contributed by atoms with Crippen LogP contribution in [0.25, 0.3) is 0 Å². The first kappa shape index (κ1) is 12.2. The Bertz CT molecular complexity index is 141. The lowest BCUT2D eigenvalue weighted by Crippen LogP contribution is -1.93. The Morgan fingerprint density at radius 3 is 2.15 bits per heavy atom. The van der Waals surface area contributed by atoms with Crippen LogP contribution in [-0.2, 0) is 4.79 Å². The molecule has 0 atom stereocenters. The van der Waals surface area contributed by atoms with Crippen LogP contribution in [0.3, 0.4) is 0 Å². The van der Waals surface area contributed by atoms with Gasteiger partial charge in [0.2, 0.25) is 0 Å². The lowest BCUT2D eigenvalue weighted by Gasteiger charge is -1.98. The van der Waals surface area contributed by atoms with E-state index in [4.69, 9.17) is 5.11 Å². The third kappa shape index (κ3) is 11.2. The maximum atomic E-state index is 10.2. The van der Waals surface area contributed by atoms with Crippen LogP contribution in [0.15, 0.2) is 12.7 Å². The van der Waals surface area contributed by atoms with Crippen LogP contribution in [0, 0.1) is 0 Å². The summed E-state index contributed by atoms with van der Waals surface area (Å²) in [5, 5.41) is 8.38. The van der Waals surface area contributed by atoms with Crippen molar-refractivity contribution < 1.29 is 9.90 Å². The van der Waals surface area contributed by atoms with E-state index in [0.29, 0.717) is 6.42 Å². The summed E-state index contributed by atoms with van der Waals surface area (Å²) in [4.78, 5) is 10.2. The number of aliphatic carboxylic acids is 1. The first-order valence-corrected chi connectivity index (χ1v) is 5.10. The summed E-state index contributed by atoms with van der Waals surface area (Å²) in [7, 11) is 0. The molecule has 0 heterocycles. The quantitative estimate of drug-likeness (QED) is 0.339. The molecule has 0 aromatic carbocycles. The molecule has 0 saturated carbocycles. The number of carboxylic acids is 1. The molecule has 0 radical (unpaired) electrons. The van der Waals surface area contributed by atoms with E-state index in [2.05, 4.69) is 6.58 Å². The summed E-state index contributed by atoms with van der Waals surface area (Å²) in [6.45, 7) is 3.66. The molecule has 0 fully saturated rings. The molecule has 0 aliphatic rings. The van der Waals surface area contributed by atoms with Crippen molar-refractivity contribution in [3.8, 4) is 0 Å². The molecule has 0 amide bonds. The number of unbranched alkanes of at least 4 members (excludes halogenated alkanes) is 6. The molecule has 0 rings (SSSR count). The van der Waals surface area contributed by atoms with Crippen LogP contribution in [0.2, 0.25) is 0 Å². The van der Waals surface area contributed by atoms with Gasteiger partial charge in [-0.1, -0.05) is 31.8 Å². The summed E-state index contributed by atoms with van der Waals surface area (Å²) in [6.07, 6.45) is 10.1. The van der Waals surface area contributed by atoms with Gasteiger partial charge in [0.15, 0.2) is 0 Å². The van der Waals surface area contributed by atoms with Gasteiger partial charge in [0.25, 0.3) is 0 Å². The fourth-order valence-corrected chi connectivity index (χ4v) is 1.27. The molecule has 0 aliphatic heterocycles. The molecule has 0 unspecified atom stereocenters. The van der Waals surface area contributed by atoms with E-state index in [-0.39, 0.29) is 0 Å². The van der Waals surface area contributed by atoms with Crippen molar-refractivity contribution in [1.82, 2.24) is 0 Å². The van der Waals surface area contributed by atoms with Gasteiger partial charge in [0.1, 0.15) is 0 Å². The first-order valence-electron chi connectivity index (χ1n) is 5.10. The molecule has 0 aromatic heterocycles. The molecule has 0 spiro atoms. The Hall–Kier alpha value is -0.790. The van der Waals surface area contributed by atoms with Crippen molar-refractivity contribution in [2.75, 3.05) is 0 Å². The van der Waals surface area contributed by atoms with Crippen LogP contribution < -0.4 is 0 Å². The highest BCUT2D eigenvalue weighted by atomic mass is 16.5. The van der Waals surface area contributed by atoms with Gasteiger partial charge in [0.05, 0.1) is 0 Å². The van der Waals surface area contributed by atoms with Crippen molar-refractivity contribution in [3.05, 3.63) is 12.7 Å². The van der Waals surface area contributed by atoms with Gasteiger partial charge < -0.3 is 5.11 Å². The molecule has 0 saturated heterocycles. The second-order valence-corrected chi connectivity index (χ2v) is 3.34. The molecule has 2 heteroatoms. The lowest BCUT2D eigenvalue weighted by atomic mass is 10.1. The van der Waals surface area contributed by atoms with Gasteiger partial charge >= 0.3 is 5.97 Å².